The monoisotopic (exact) mass is 296 g/mol. The molecule has 0 bridgehead atoms. The Bertz CT molecular complexity index is 564. The fraction of sp³-hybridized carbons (Fsp3) is 0.600. The molecule has 1 N–H and O–H groups in total. The van der Waals surface area contributed by atoms with E-state index in [0.29, 0.717) is 10.9 Å². The summed E-state index contributed by atoms with van der Waals surface area (Å²) >= 11 is 0. The summed E-state index contributed by atoms with van der Waals surface area (Å²) in [6.07, 6.45) is 1.24. The van der Waals surface area contributed by atoms with Crippen molar-refractivity contribution in [3.8, 4) is 0 Å². The van der Waals surface area contributed by atoms with Gasteiger partial charge in [-0.15, -0.1) is 0 Å². The number of hydrogen-bond donors (Lipinski definition) is 1. The van der Waals surface area contributed by atoms with Crippen LogP contribution in [0.1, 0.15) is 26.3 Å². The quantitative estimate of drug-likeness (QED) is 0.922. The van der Waals surface area contributed by atoms with E-state index in [1.165, 1.54) is 6.26 Å². The van der Waals surface area contributed by atoms with Crippen LogP contribution in [0.3, 0.4) is 0 Å². The zero-order valence-corrected chi connectivity index (χ0v) is 13.5. The number of nitrogens with one attached hydrogen (secondary N) is 1. The maximum Gasteiger partial charge on any atom is 0.175 e. The van der Waals surface area contributed by atoms with Crippen molar-refractivity contribution in [2.45, 2.75) is 43.8 Å². The molecular formula is C15H24N2O2S. The van der Waals surface area contributed by atoms with Crippen LogP contribution >= 0.6 is 0 Å². The molecule has 0 saturated carbocycles. The molecule has 0 amide bonds. The van der Waals surface area contributed by atoms with Gasteiger partial charge in [-0.1, -0.05) is 12.1 Å². The van der Waals surface area contributed by atoms with E-state index in [-0.39, 0.29) is 5.54 Å². The first-order chi connectivity index (χ1) is 9.17. The lowest BCUT2D eigenvalue weighted by Crippen LogP contribution is -2.60. The van der Waals surface area contributed by atoms with Gasteiger partial charge < -0.3 is 5.32 Å². The molecular weight excluding hydrogens is 272 g/mol. The first-order valence-corrected chi connectivity index (χ1v) is 8.85. The van der Waals surface area contributed by atoms with Gasteiger partial charge in [0.05, 0.1) is 4.90 Å². The Morgan fingerprint density at radius 1 is 1.30 bits per heavy atom. The molecule has 1 saturated heterocycles. The Hall–Kier alpha value is -0.910. The third-order valence-electron chi connectivity index (χ3n) is 3.83. The van der Waals surface area contributed by atoms with Crippen LogP contribution in [0, 0.1) is 0 Å². The fourth-order valence-electron chi connectivity index (χ4n) is 2.56. The third kappa shape index (κ3) is 3.81. The minimum atomic E-state index is -3.11. The van der Waals surface area contributed by atoms with Crippen LogP contribution in [0.2, 0.25) is 0 Å². The van der Waals surface area contributed by atoms with Gasteiger partial charge in [-0.25, -0.2) is 8.42 Å². The Morgan fingerprint density at radius 2 is 1.90 bits per heavy atom. The van der Waals surface area contributed by atoms with Crippen LogP contribution in [-0.4, -0.2) is 44.2 Å². The SMILES string of the molecule is CC1CNC(C)(C)CN1Cc1ccc(S(C)(=O)=O)cc1. The molecule has 1 aliphatic heterocycles. The van der Waals surface area contributed by atoms with Gasteiger partial charge in [-0.05, 0) is 38.5 Å². The minimum Gasteiger partial charge on any atom is -0.309 e. The summed E-state index contributed by atoms with van der Waals surface area (Å²) in [5.74, 6) is 0. The van der Waals surface area contributed by atoms with Gasteiger partial charge in [0.2, 0.25) is 0 Å². The van der Waals surface area contributed by atoms with Crippen molar-refractivity contribution < 1.29 is 8.42 Å². The highest BCUT2D eigenvalue weighted by atomic mass is 32.2. The van der Waals surface area contributed by atoms with Crippen molar-refractivity contribution >= 4 is 9.84 Å². The lowest BCUT2D eigenvalue weighted by atomic mass is 9.98. The Balaban J connectivity index is 2.10. The van der Waals surface area contributed by atoms with Crippen molar-refractivity contribution in [3.05, 3.63) is 29.8 Å². The zero-order valence-electron chi connectivity index (χ0n) is 12.7. The second-order valence-corrected chi connectivity index (χ2v) is 8.45. The highest BCUT2D eigenvalue weighted by Crippen LogP contribution is 2.19. The van der Waals surface area contributed by atoms with Crippen molar-refractivity contribution in [1.82, 2.24) is 10.2 Å². The van der Waals surface area contributed by atoms with E-state index in [2.05, 4.69) is 31.0 Å². The van der Waals surface area contributed by atoms with E-state index < -0.39 is 9.84 Å². The predicted molar refractivity (Wildman–Crippen MR) is 81.5 cm³/mol. The smallest absolute Gasteiger partial charge is 0.175 e. The van der Waals surface area contributed by atoms with Crippen molar-refractivity contribution in [2.24, 2.45) is 0 Å². The van der Waals surface area contributed by atoms with Crippen molar-refractivity contribution in [3.63, 3.8) is 0 Å². The molecule has 0 spiro atoms. The highest BCUT2D eigenvalue weighted by Gasteiger charge is 2.29. The molecule has 1 fully saturated rings. The number of hydrogen-bond acceptors (Lipinski definition) is 4. The molecule has 0 aliphatic carbocycles. The third-order valence-corrected chi connectivity index (χ3v) is 4.96. The van der Waals surface area contributed by atoms with Crippen LogP contribution in [0.15, 0.2) is 29.2 Å². The van der Waals surface area contributed by atoms with Gasteiger partial charge in [0.15, 0.2) is 9.84 Å². The molecule has 1 atom stereocenters. The van der Waals surface area contributed by atoms with Gasteiger partial charge in [0.1, 0.15) is 0 Å². The van der Waals surface area contributed by atoms with Crippen LogP contribution in [0.5, 0.6) is 0 Å². The van der Waals surface area contributed by atoms with Crippen LogP contribution in [0.25, 0.3) is 0 Å². The molecule has 4 nitrogen and oxygen atoms in total. The molecule has 112 valence electrons. The fourth-order valence-corrected chi connectivity index (χ4v) is 3.19. The number of rotatable bonds is 3. The second-order valence-electron chi connectivity index (χ2n) is 6.43. The lowest BCUT2D eigenvalue weighted by molar-refractivity contribution is 0.0977. The average Bonchev–Trinajstić information content (AvgIpc) is 2.33. The average molecular weight is 296 g/mol. The largest absolute Gasteiger partial charge is 0.309 e. The van der Waals surface area contributed by atoms with E-state index in [9.17, 15) is 8.42 Å². The zero-order chi connectivity index (χ0) is 15.0. The molecule has 1 heterocycles. The van der Waals surface area contributed by atoms with Crippen molar-refractivity contribution in [2.75, 3.05) is 19.3 Å². The van der Waals surface area contributed by atoms with Crippen LogP contribution in [-0.2, 0) is 16.4 Å². The number of piperazine rings is 1. The predicted octanol–water partition coefficient (Wildman–Crippen LogP) is 1.66. The first-order valence-electron chi connectivity index (χ1n) is 6.95. The molecule has 5 heteroatoms. The molecule has 2 rings (SSSR count). The maximum absolute atomic E-state index is 11.5. The van der Waals surface area contributed by atoms with Gasteiger partial charge in [0.25, 0.3) is 0 Å². The van der Waals surface area contributed by atoms with E-state index in [1.807, 2.05) is 12.1 Å². The number of sulfone groups is 1. The minimum absolute atomic E-state index is 0.124. The molecule has 1 aromatic rings. The second kappa shape index (κ2) is 5.47. The Labute approximate surface area is 122 Å². The van der Waals surface area contributed by atoms with Crippen LogP contribution in [0.4, 0.5) is 0 Å². The number of benzene rings is 1. The van der Waals surface area contributed by atoms with Gasteiger partial charge in [0, 0.05) is 37.5 Å². The summed E-state index contributed by atoms with van der Waals surface area (Å²) in [5.41, 5.74) is 1.28. The maximum atomic E-state index is 11.5. The van der Waals surface area contributed by atoms with Gasteiger partial charge in [-0.2, -0.15) is 0 Å². The van der Waals surface area contributed by atoms with Gasteiger partial charge in [-0.3, -0.25) is 4.90 Å². The molecule has 20 heavy (non-hydrogen) atoms. The number of nitrogens with zero attached hydrogens (tertiary/aromatic N) is 1. The Kier molecular flexibility index (Phi) is 4.23. The topological polar surface area (TPSA) is 49.4 Å². The molecule has 1 aromatic carbocycles. The summed E-state index contributed by atoms with van der Waals surface area (Å²) in [4.78, 5) is 2.82. The summed E-state index contributed by atoms with van der Waals surface area (Å²) in [7, 11) is -3.11. The van der Waals surface area contributed by atoms with E-state index >= 15 is 0 Å². The summed E-state index contributed by atoms with van der Waals surface area (Å²) in [6, 6.07) is 7.71. The van der Waals surface area contributed by atoms with E-state index in [4.69, 9.17) is 0 Å². The van der Waals surface area contributed by atoms with E-state index in [1.54, 1.807) is 12.1 Å². The molecule has 0 radical (unpaired) electrons. The lowest BCUT2D eigenvalue weighted by Gasteiger charge is -2.43. The summed E-state index contributed by atoms with van der Waals surface area (Å²) in [5, 5.41) is 3.53. The van der Waals surface area contributed by atoms with Gasteiger partial charge >= 0.3 is 0 Å². The molecule has 1 unspecified atom stereocenters. The van der Waals surface area contributed by atoms with Crippen molar-refractivity contribution in [1.29, 1.82) is 0 Å². The first kappa shape index (κ1) is 15.5. The standard InChI is InChI=1S/C15H24N2O2S/c1-12-9-16-15(2,3)11-17(12)10-13-5-7-14(8-6-13)20(4,18)19/h5-8,12,16H,9-11H2,1-4H3. The van der Waals surface area contributed by atoms with Crippen LogP contribution < -0.4 is 5.32 Å². The summed E-state index contributed by atoms with van der Waals surface area (Å²) in [6.45, 7) is 9.46. The molecule has 1 aliphatic rings. The Morgan fingerprint density at radius 3 is 2.45 bits per heavy atom. The molecule has 0 aromatic heterocycles. The normalized spacial score (nSPS) is 23.7. The van der Waals surface area contributed by atoms with E-state index in [0.717, 1.165) is 25.2 Å². The summed E-state index contributed by atoms with van der Waals surface area (Å²) < 4.78 is 22.9. The highest BCUT2D eigenvalue weighted by molar-refractivity contribution is 7.90.